The highest BCUT2D eigenvalue weighted by molar-refractivity contribution is 5.73. The van der Waals surface area contributed by atoms with E-state index in [-0.39, 0.29) is 17.3 Å². The summed E-state index contributed by atoms with van der Waals surface area (Å²) in [6, 6.07) is -0.272. The number of hydrogen-bond acceptors (Lipinski definition) is 5. The molecule has 2 amide bonds. The van der Waals surface area contributed by atoms with Crippen molar-refractivity contribution in [3.63, 3.8) is 0 Å². The first-order chi connectivity index (χ1) is 9.72. The zero-order valence-electron chi connectivity index (χ0n) is 12.8. The average molecular weight is 298 g/mol. The molecule has 0 aliphatic heterocycles. The summed E-state index contributed by atoms with van der Waals surface area (Å²) in [6.07, 6.45) is 2.51. The van der Waals surface area contributed by atoms with Crippen molar-refractivity contribution in [3.05, 3.63) is 22.5 Å². The monoisotopic (exact) mass is 298 g/mol. The number of rotatable bonds is 7. The molecule has 0 saturated heterocycles. The zero-order chi connectivity index (χ0) is 16.0. The van der Waals surface area contributed by atoms with E-state index in [4.69, 9.17) is 0 Å². The molecule has 9 heteroatoms. The van der Waals surface area contributed by atoms with Crippen LogP contribution in [0.4, 0.5) is 10.5 Å². The maximum absolute atomic E-state index is 11.6. The Hall–Kier alpha value is -2.16. The fraction of sp³-hybridized carbons (Fsp3) is 0.667. The van der Waals surface area contributed by atoms with Gasteiger partial charge < -0.3 is 15.5 Å². The van der Waals surface area contributed by atoms with Gasteiger partial charge in [-0.2, -0.15) is 5.10 Å². The molecule has 0 atom stereocenters. The highest BCUT2D eigenvalue weighted by Crippen LogP contribution is 2.08. The first-order valence-corrected chi connectivity index (χ1v) is 6.58. The second-order valence-electron chi connectivity index (χ2n) is 5.54. The van der Waals surface area contributed by atoms with Crippen LogP contribution in [0.15, 0.2) is 12.4 Å². The van der Waals surface area contributed by atoms with Crippen molar-refractivity contribution < 1.29 is 9.72 Å². The van der Waals surface area contributed by atoms with Crippen molar-refractivity contribution in [2.24, 2.45) is 0 Å². The third kappa shape index (κ3) is 5.38. The van der Waals surface area contributed by atoms with Crippen molar-refractivity contribution in [1.82, 2.24) is 25.3 Å². The molecule has 0 fully saturated rings. The molecule has 1 heterocycles. The van der Waals surface area contributed by atoms with Crippen molar-refractivity contribution in [2.75, 3.05) is 27.2 Å². The lowest BCUT2D eigenvalue weighted by Crippen LogP contribution is -2.50. The van der Waals surface area contributed by atoms with Gasteiger partial charge in [-0.1, -0.05) is 0 Å². The van der Waals surface area contributed by atoms with Crippen LogP contribution in [0.3, 0.4) is 0 Å². The van der Waals surface area contributed by atoms with Crippen LogP contribution in [0.1, 0.15) is 13.8 Å². The van der Waals surface area contributed by atoms with Crippen molar-refractivity contribution >= 4 is 11.7 Å². The van der Waals surface area contributed by atoms with E-state index in [1.54, 1.807) is 0 Å². The van der Waals surface area contributed by atoms with Gasteiger partial charge in [0.25, 0.3) is 0 Å². The SMILES string of the molecule is CN(C)C(C)(C)CNC(=O)NCCn1cc([N+](=O)[O-])cn1. The molecular weight excluding hydrogens is 276 g/mol. The Morgan fingerprint density at radius 2 is 2.14 bits per heavy atom. The number of carbonyl (C=O) groups is 1. The molecule has 118 valence electrons. The molecule has 1 rings (SSSR count). The van der Waals surface area contributed by atoms with Crippen LogP contribution in [0.5, 0.6) is 0 Å². The van der Waals surface area contributed by atoms with Crippen molar-refractivity contribution in [2.45, 2.75) is 25.9 Å². The third-order valence-electron chi connectivity index (χ3n) is 3.35. The van der Waals surface area contributed by atoms with Crippen LogP contribution >= 0.6 is 0 Å². The number of hydrogen-bond donors (Lipinski definition) is 2. The maximum Gasteiger partial charge on any atom is 0.314 e. The van der Waals surface area contributed by atoms with E-state index in [9.17, 15) is 14.9 Å². The molecule has 1 aromatic heterocycles. The minimum atomic E-state index is -0.507. The Balaban J connectivity index is 2.29. The molecule has 21 heavy (non-hydrogen) atoms. The molecule has 0 radical (unpaired) electrons. The van der Waals surface area contributed by atoms with Gasteiger partial charge in [-0.3, -0.25) is 14.8 Å². The Labute approximate surface area is 123 Å². The molecule has 2 N–H and O–H groups in total. The molecule has 0 unspecified atom stereocenters. The molecule has 0 aliphatic rings. The molecular formula is C12H22N6O3. The van der Waals surface area contributed by atoms with E-state index in [0.29, 0.717) is 19.6 Å². The fourth-order valence-corrected chi connectivity index (χ4v) is 1.37. The minimum Gasteiger partial charge on any atom is -0.336 e. The molecule has 0 aliphatic carbocycles. The topological polar surface area (TPSA) is 105 Å². The summed E-state index contributed by atoms with van der Waals surface area (Å²) in [6.45, 7) is 5.27. The lowest BCUT2D eigenvalue weighted by Gasteiger charge is -2.32. The number of urea groups is 1. The Morgan fingerprint density at radius 1 is 1.48 bits per heavy atom. The van der Waals surface area contributed by atoms with Gasteiger partial charge in [0.1, 0.15) is 12.4 Å². The van der Waals surface area contributed by atoms with Gasteiger partial charge in [-0.25, -0.2) is 4.79 Å². The zero-order valence-corrected chi connectivity index (χ0v) is 12.8. The number of nitrogens with zero attached hydrogens (tertiary/aromatic N) is 4. The van der Waals surface area contributed by atoms with Gasteiger partial charge in [0.05, 0.1) is 11.5 Å². The molecule has 0 bridgehead atoms. The van der Waals surface area contributed by atoms with Gasteiger partial charge in [0.2, 0.25) is 0 Å². The predicted molar refractivity (Wildman–Crippen MR) is 78.0 cm³/mol. The number of aromatic nitrogens is 2. The summed E-state index contributed by atoms with van der Waals surface area (Å²) in [5, 5.41) is 19.8. The lowest BCUT2D eigenvalue weighted by atomic mass is 10.1. The normalized spacial score (nSPS) is 11.5. The van der Waals surface area contributed by atoms with E-state index in [0.717, 1.165) is 0 Å². The predicted octanol–water partition coefficient (Wildman–Crippen LogP) is 0.431. The van der Waals surface area contributed by atoms with Gasteiger partial charge >= 0.3 is 11.7 Å². The van der Waals surface area contributed by atoms with Gasteiger partial charge in [-0.15, -0.1) is 0 Å². The maximum atomic E-state index is 11.6. The number of likely N-dealkylation sites (N-methyl/N-ethyl adjacent to an activating group) is 1. The van der Waals surface area contributed by atoms with Crippen LogP contribution < -0.4 is 10.6 Å². The number of nitrogens with one attached hydrogen (secondary N) is 2. The molecule has 0 saturated carbocycles. The molecule has 1 aromatic rings. The fourth-order valence-electron chi connectivity index (χ4n) is 1.37. The summed E-state index contributed by atoms with van der Waals surface area (Å²) >= 11 is 0. The molecule has 0 aromatic carbocycles. The van der Waals surface area contributed by atoms with E-state index >= 15 is 0 Å². The Kier molecular flexibility index (Phi) is 5.65. The van der Waals surface area contributed by atoms with Crippen molar-refractivity contribution in [1.29, 1.82) is 0 Å². The number of amides is 2. The highest BCUT2D eigenvalue weighted by Gasteiger charge is 2.20. The van der Waals surface area contributed by atoms with Crippen LogP contribution in [-0.4, -0.2) is 58.4 Å². The number of nitro groups is 1. The summed E-state index contributed by atoms with van der Waals surface area (Å²) < 4.78 is 1.42. The Bertz CT molecular complexity index is 497. The van der Waals surface area contributed by atoms with E-state index < -0.39 is 4.92 Å². The minimum absolute atomic E-state index is 0.0628. The average Bonchev–Trinajstić information content (AvgIpc) is 2.85. The van der Waals surface area contributed by atoms with Gasteiger partial charge in [-0.05, 0) is 27.9 Å². The first-order valence-electron chi connectivity index (χ1n) is 6.58. The molecule has 0 spiro atoms. The molecule has 9 nitrogen and oxygen atoms in total. The van der Waals surface area contributed by atoms with Crippen molar-refractivity contribution in [3.8, 4) is 0 Å². The number of carbonyl (C=O) groups excluding carboxylic acids is 1. The first kappa shape index (κ1) is 16.9. The smallest absolute Gasteiger partial charge is 0.314 e. The van der Waals surface area contributed by atoms with Gasteiger partial charge in [0, 0.05) is 18.6 Å². The van der Waals surface area contributed by atoms with Crippen LogP contribution in [0.25, 0.3) is 0 Å². The quantitative estimate of drug-likeness (QED) is 0.561. The van der Waals surface area contributed by atoms with Gasteiger partial charge in [0.15, 0.2) is 0 Å². The van der Waals surface area contributed by atoms with Crippen LogP contribution in [-0.2, 0) is 6.54 Å². The standard InChI is InChI=1S/C12H22N6O3/c1-12(2,16(3)4)9-14-11(19)13-5-6-17-8-10(7-15-17)18(20)21/h7-8H,5-6,9H2,1-4H3,(H2,13,14,19). The second kappa shape index (κ2) is 7.02. The summed E-state index contributed by atoms with van der Waals surface area (Å²) in [7, 11) is 3.90. The third-order valence-corrected chi connectivity index (χ3v) is 3.35. The summed E-state index contributed by atoms with van der Waals surface area (Å²) in [5.74, 6) is 0. The van der Waals surface area contributed by atoms with E-state index in [1.807, 2.05) is 32.8 Å². The van der Waals surface area contributed by atoms with E-state index in [1.165, 1.54) is 17.1 Å². The van der Waals surface area contributed by atoms with Crippen LogP contribution in [0, 0.1) is 10.1 Å². The van der Waals surface area contributed by atoms with Crippen LogP contribution in [0.2, 0.25) is 0 Å². The van der Waals surface area contributed by atoms with E-state index in [2.05, 4.69) is 15.7 Å². The lowest BCUT2D eigenvalue weighted by molar-refractivity contribution is -0.385. The summed E-state index contributed by atoms with van der Waals surface area (Å²) in [5.41, 5.74) is -0.202. The largest absolute Gasteiger partial charge is 0.336 e. The second-order valence-corrected chi connectivity index (χ2v) is 5.54. The summed E-state index contributed by atoms with van der Waals surface area (Å²) in [4.78, 5) is 23.7. The Morgan fingerprint density at radius 3 is 2.67 bits per heavy atom. The highest BCUT2D eigenvalue weighted by atomic mass is 16.6.